The second-order valence-corrected chi connectivity index (χ2v) is 11.3. The molecule has 0 unspecified atom stereocenters. The summed E-state index contributed by atoms with van der Waals surface area (Å²) in [5.41, 5.74) is 4.14. The average molecular weight is 553 g/mol. The molecule has 1 heterocycles. The molecule has 9 nitrogen and oxygen atoms in total. The minimum Gasteiger partial charge on any atom is -0.456 e. The van der Waals surface area contributed by atoms with Crippen LogP contribution >= 0.6 is 0 Å². The number of rotatable bonds is 8. The molecule has 1 fully saturated rings. The number of Topliss-reactive ketones (excluding diaryl/α,β-unsaturated/α-hetero) is 1. The van der Waals surface area contributed by atoms with Gasteiger partial charge in [-0.1, -0.05) is 62.4 Å². The van der Waals surface area contributed by atoms with E-state index < -0.39 is 41.2 Å². The molecular formula is C32H28N2O7. The summed E-state index contributed by atoms with van der Waals surface area (Å²) in [7, 11) is 0. The lowest BCUT2D eigenvalue weighted by molar-refractivity contribution is -0.384. The molecule has 3 aliphatic carbocycles. The Balaban J connectivity index is 1.28. The van der Waals surface area contributed by atoms with Gasteiger partial charge in [0.05, 0.1) is 16.8 Å². The molecular weight excluding hydrogens is 524 g/mol. The zero-order chi connectivity index (χ0) is 29.0. The van der Waals surface area contributed by atoms with Crippen molar-refractivity contribution >= 4 is 29.3 Å². The largest absolute Gasteiger partial charge is 0.456 e. The molecule has 7 rings (SSSR count). The molecule has 2 amide bonds. The summed E-state index contributed by atoms with van der Waals surface area (Å²) in [4.78, 5) is 65.8. The molecule has 9 heteroatoms. The summed E-state index contributed by atoms with van der Waals surface area (Å²) in [5.74, 6) is -4.02. The molecule has 2 bridgehead atoms. The van der Waals surface area contributed by atoms with Gasteiger partial charge in [-0.15, -0.1) is 0 Å². The van der Waals surface area contributed by atoms with Gasteiger partial charge in [0.2, 0.25) is 11.8 Å². The van der Waals surface area contributed by atoms with Gasteiger partial charge in [-0.3, -0.25) is 29.4 Å². The molecule has 41 heavy (non-hydrogen) atoms. The number of ether oxygens (including phenoxy) is 1. The predicted octanol–water partition coefficient (Wildman–Crippen LogP) is 4.63. The summed E-state index contributed by atoms with van der Waals surface area (Å²) in [6, 6.07) is 19.7. The Morgan fingerprint density at radius 1 is 0.829 bits per heavy atom. The van der Waals surface area contributed by atoms with Crippen LogP contribution in [-0.2, 0) is 19.1 Å². The zero-order valence-corrected chi connectivity index (χ0v) is 22.6. The number of nitrogens with zero attached hydrogens (tertiary/aromatic N) is 2. The summed E-state index contributed by atoms with van der Waals surface area (Å²) < 4.78 is 5.39. The maximum absolute atomic E-state index is 14.1. The number of amides is 2. The summed E-state index contributed by atoms with van der Waals surface area (Å²) >= 11 is 0. The van der Waals surface area contributed by atoms with Crippen LogP contribution in [0.3, 0.4) is 0 Å². The highest BCUT2D eigenvalue weighted by Crippen LogP contribution is 2.61. The fraction of sp³-hybridized carbons (Fsp3) is 0.312. The Morgan fingerprint density at radius 2 is 1.29 bits per heavy atom. The molecule has 208 valence electrons. The van der Waals surface area contributed by atoms with Gasteiger partial charge in [-0.05, 0) is 46.7 Å². The monoisotopic (exact) mass is 552 g/mol. The van der Waals surface area contributed by atoms with Gasteiger partial charge in [0, 0.05) is 29.5 Å². The number of carbonyl (C=O) groups excluding carboxylic acids is 4. The van der Waals surface area contributed by atoms with Crippen molar-refractivity contribution in [3.8, 4) is 0 Å². The number of hydrogen-bond acceptors (Lipinski definition) is 7. The van der Waals surface area contributed by atoms with Crippen LogP contribution in [0.5, 0.6) is 0 Å². The molecule has 3 atom stereocenters. The number of nitro benzene ring substituents is 1. The van der Waals surface area contributed by atoms with E-state index in [0.29, 0.717) is 0 Å². The normalized spacial score (nSPS) is 22.7. The highest BCUT2D eigenvalue weighted by Gasteiger charge is 2.63. The van der Waals surface area contributed by atoms with Crippen molar-refractivity contribution in [2.24, 2.45) is 17.8 Å². The van der Waals surface area contributed by atoms with Crippen molar-refractivity contribution in [2.75, 3.05) is 6.61 Å². The van der Waals surface area contributed by atoms with E-state index in [1.54, 1.807) is 0 Å². The Labute approximate surface area is 236 Å². The molecule has 1 saturated heterocycles. The van der Waals surface area contributed by atoms with Crippen LogP contribution in [0.2, 0.25) is 0 Å². The summed E-state index contributed by atoms with van der Waals surface area (Å²) in [6.07, 6.45) is 0.191. The Morgan fingerprint density at radius 3 is 1.71 bits per heavy atom. The average Bonchev–Trinajstić information content (AvgIpc) is 3.24. The lowest BCUT2D eigenvalue weighted by atomic mass is 9.55. The van der Waals surface area contributed by atoms with Crippen molar-refractivity contribution < 1.29 is 28.8 Å². The van der Waals surface area contributed by atoms with E-state index in [1.807, 2.05) is 62.4 Å². The van der Waals surface area contributed by atoms with Crippen molar-refractivity contribution in [1.29, 1.82) is 0 Å². The van der Waals surface area contributed by atoms with Crippen LogP contribution in [0, 0.1) is 27.9 Å². The summed E-state index contributed by atoms with van der Waals surface area (Å²) in [5, 5.41) is 10.9. The maximum Gasteiger partial charge on any atom is 0.329 e. The first-order chi connectivity index (χ1) is 19.7. The van der Waals surface area contributed by atoms with E-state index in [-0.39, 0.29) is 47.2 Å². The topological polar surface area (TPSA) is 124 Å². The summed E-state index contributed by atoms with van der Waals surface area (Å²) in [6.45, 7) is 3.15. The lowest BCUT2D eigenvalue weighted by Crippen LogP contribution is -2.47. The van der Waals surface area contributed by atoms with E-state index in [0.717, 1.165) is 27.2 Å². The zero-order valence-electron chi connectivity index (χ0n) is 22.6. The second kappa shape index (κ2) is 10.1. The van der Waals surface area contributed by atoms with Crippen LogP contribution in [-0.4, -0.2) is 46.0 Å². The standard InChI is InChI=1S/C32H28N2O7/c1-17(2)15-24(32(38)41-16-25(35)18-11-13-19(14-12-18)34(39)40)33-30(36)28-26-20-7-3-4-8-21(20)27(29(28)31(33)37)23-10-6-5-9-22(23)26/h3-14,17,24,26-29H,15-16H2,1-2H3/t24-,26?,27?,28-,29+/m1/s1. The fourth-order valence-electron chi connectivity index (χ4n) is 6.85. The van der Waals surface area contributed by atoms with Crippen LogP contribution in [0.15, 0.2) is 72.8 Å². The molecule has 0 aromatic heterocycles. The van der Waals surface area contributed by atoms with E-state index in [1.165, 1.54) is 24.3 Å². The van der Waals surface area contributed by atoms with Gasteiger partial charge in [-0.2, -0.15) is 0 Å². The minimum atomic E-state index is -1.17. The lowest BCUT2D eigenvalue weighted by Gasteiger charge is -2.45. The Hall–Kier alpha value is -4.66. The van der Waals surface area contributed by atoms with E-state index in [2.05, 4.69) is 0 Å². The van der Waals surface area contributed by atoms with Crippen molar-refractivity contribution in [3.63, 3.8) is 0 Å². The van der Waals surface area contributed by atoms with E-state index in [4.69, 9.17) is 4.74 Å². The molecule has 0 spiro atoms. The van der Waals surface area contributed by atoms with E-state index >= 15 is 0 Å². The molecule has 0 N–H and O–H groups in total. The first-order valence-electron chi connectivity index (χ1n) is 13.7. The van der Waals surface area contributed by atoms with Crippen LogP contribution in [0.4, 0.5) is 5.69 Å². The predicted molar refractivity (Wildman–Crippen MR) is 147 cm³/mol. The van der Waals surface area contributed by atoms with Crippen molar-refractivity contribution in [1.82, 2.24) is 4.90 Å². The number of benzene rings is 3. The molecule has 0 radical (unpaired) electrons. The van der Waals surface area contributed by atoms with Crippen LogP contribution in [0.25, 0.3) is 0 Å². The van der Waals surface area contributed by atoms with Crippen molar-refractivity contribution in [3.05, 3.63) is 111 Å². The molecule has 3 aromatic carbocycles. The third-order valence-corrected chi connectivity index (χ3v) is 8.51. The molecule has 4 aliphatic rings. The van der Waals surface area contributed by atoms with Gasteiger partial charge < -0.3 is 4.74 Å². The third-order valence-electron chi connectivity index (χ3n) is 8.51. The highest BCUT2D eigenvalue weighted by atomic mass is 16.6. The first kappa shape index (κ1) is 26.6. The number of hydrogen-bond donors (Lipinski definition) is 0. The minimum absolute atomic E-state index is 0.0488. The second-order valence-electron chi connectivity index (χ2n) is 11.3. The highest BCUT2D eigenvalue weighted by molar-refractivity contribution is 6.10. The maximum atomic E-state index is 14.1. The number of imide groups is 1. The van der Waals surface area contributed by atoms with Crippen LogP contribution < -0.4 is 0 Å². The number of ketones is 1. The smallest absolute Gasteiger partial charge is 0.329 e. The van der Waals surface area contributed by atoms with E-state index in [9.17, 15) is 29.3 Å². The third kappa shape index (κ3) is 4.23. The fourth-order valence-corrected chi connectivity index (χ4v) is 6.85. The van der Waals surface area contributed by atoms with Gasteiger partial charge in [-0.25, -0.2) is 4.79 Å². The quantitative estimate of drug-likeness (QED) is 0.131. The van der Waals surface area contributed by atoms with Gasteiger partial charge in [0.25, 0.3) is 5.69 Å². The SMILES string of the molecule is CC(C)C[C@H](C(=O)OCC(=O)c1ccc([N+](=O)[O-])cc1)N1C(=O)[C@@H]2C3c4ccccc4C(c4ccccc43)[C@@H]2C1=O. The van der Waals surface area contributed by atoms with Gasteiger partial charge in [0.15, 0.2) is 12.4 Å². The Bertz CT molecular complexity index is 1480. The number of nitro groups is 1. The number of likely N-dealkylation sites (tertiary alicyclic amines) is 1. The number of esters is 1. The van der Waals surface area contributed by atoms with Crippen molar-refractivity contribution in [2.45, 2.75) is 38.1 Å². The number of non-ortho nitro benzene ring substituents is 1. The van der Waals surface area contributed by atoms with Crippen LogP contribution in [0.1, 0.15) is 64.7 Å². The molecule has 0 saturated carbocycles. The molecule has 1 aliphatic heterocycles. The van der Waals surface area contributed by atoms with Gasteiger partial charge in [0.1, 0.15) is 6.04 Å². The van der Waals surface area contributed by atoms with Gasteiger partial charge >= 0.3 is 5.97 Å². The molecule has 3 aromatic rings. The first-order valence-corrected chi connectivity index (χ1v) is 13.7. The Kier molecular flexibility index (Phi) is 6.52. The number of carbonyl (C=O) groups is 4.